The van der Waals surface area contributed by atoms with Gasteiger partial charge in [-0.05, 0) is 81.3 Å². The van der Waals surface area contributed by atoms with Crippen molar-refractivity contribution in [1.29, 1.82) is 0 Å². The quantitative estimate of drug-likeness (QED) is 0.170. The van der Waals surface area contributed by atoms with Crippen molar-refractivity contribution in [1.82, 2.24) is 10.2 Å². The number of nitrogens with zero attached hydrogens (tertiary/aromatic N) is 2. The van der Waals surface area contributed by atoms with Crippen molar-refractivity contribution in [2.24, 2.45) is 0 Å². The second-order valence-corrected chi connectivity index (χ2v) is 15.7. The molecule has 0 radical (unpaired) electrons. The van der Waals surface area contributed by atoms with Crippen LogP contribution in [0.3, 0.4) is 0 Å². The molecule has 242 valence electrons. The number of halogens is 3. The minimum atomic E-state index is -4.29. The van der Waals surface area contributed by atoms with Crippen LogP contribution in [0.25, 0.3) is 0 Å². The van der Waals surface area contributed by atoms with Gasteiger partial charge in [0.2, 0.25) is 11.8 Å². The van der Waals surface area contributed by atoms with Crippen LogP contribution in [-0.4, -0.2) is 43.3 Å². The maximum Gasteiger partial charge on any atom is 0.264 e. The Morgan fingerprint density at radius 2 is 1.46 bits per heavy atom. The van der Waals surface area contributed by atoms with Gasteiger partial charge >= 0.3 is 0 Å². The van der Waals surface area contributed by atoms with Crippen LogP contribution in [0.2, 0.25) is 10.0 Å². The van der Waals surface area contributed by atoms with Crippen molar-refractivity contribution in [3.63, 3.8) is 0 Å². The van der Waals surface area contributed by atoms with E-state index >= 15 is 0 Å². The highest BCUT2D eigenvalue weighted by atomic mass is 79.9. The average Bonchev–Trinajstić information content (AvgIpc) is 2.97. The first-order valence-electron chi connectivity index (χ1n) is 14.6. The lowest BCUT2D eigenvalue weighted by Crippen LogP contribution is -2.56. The van der Waals surface area contributed by atoms with Crippen LogP contribution in [0.1, 0.15) is 37.5 Å². The molecule has 0 aliphatic heterocycles. The minimum Gasteiger partial charge on any atom is -0.350 e. The molecule has 0 aliphatic carbocycles. The Bertz CT molecular complexity index is 1780. The monoisotopic (exact) mass is 743 g/mol. The first kappa shape index (κ1) is 35.5. The van der Waals surface area contributed by atoms with Crippen molar-refractivity contribution in [2.75, 3.05) is 10.8 Å². The summed E-state index contributed by atoms with van der Waals surface area (Å²) in [4.78, 5) is 30.0. The summed E-state index contributed by atoms with van der Waals surface area (Å²) in [6.07, 6.45) is 0.205. The molecule has 0 saturated heterocycles. The molecule has 0 heterocycles. The highest BCUT2D eigenvalue weighted by Gasteiger charge is 2.35. The van der Waals surface area contributed by atoms with Crippen LogP contribution in [0.15, 0.2) is 106 Å². The third-order valence-electron chi connectivity index (χ3n) is 7.03. The predicted octanol–water partition coefficient (Wildman–Crippen LogP) is 7.81. The van der Waals surface area contributed by atoms with Crippen LogP contribution >= 0.6 is 39.1 Å². The molecule has 0 aromatic heterocycles. The first-order valence-corrected chi connectivity index (χ1v) is 17.6. The highest BCUT2D eigenvalue weighted by molar-refractivity contribution is 9.10. The van der Waals surface area contributed by atoms with Crippen molar-refractivity contribution in [3.8, 4) is 0 Å². The Morgan fingerprint density at radius 3 is 2.04 bits per heavy atom. The number of carbonyl (C=O) groups is 2. The van der Waals surface area contributed by atoms with Crippen molar-refractivity contribution in [3.05, 3.63) is 128 Å². The summed E-state index contributed by atoms with van der Waals surface area (Å²) in [5.74, 6) is -0.949. The van der Waals surface area contributed by atoms with Gasteiger partial charge in [-0.2, -0.15) is 0 Å². The number of anilines is 1. The van der Waals surface area contributed by atoms with Gasteiger partial charge in [0.15, 0.2) is 0 Å². The summed E-state index contributed by atoms with van der Waals surface area (Å²) >= 11 is 16.1. The molecular weight excluding hydrogens is 709 g/mol. The lowest BCUT2D eigenvalue weighted by molar-refractivity contribution is -0.140. The predicted molar refractivity (Wildman–Crippen MR) is 189 cm³/mol. The first-order chi connectivity index (χ1) is 21.6. The number of amides is 2. The molecule has 0 bridgehead atoms. The number of rotatable bonds is 11. The average molecular weight is 746 g/mol. The number of hydrogen-bond acceptors (Lipinski definition) is 4. The van der Waals surface area contributed by atoms with Crippen LogP contribution in [0, 0.1) is 6.92 Å². The Labute approximate surface area is 289 Å². The number of hydrogen-bond donors (Lipinski definition) is 1. The Hall–Kier alpha value is -3.37. The molecule has 0 aliphatic rings. The minimum absolute atomic E-state index is 0.00755. The molecule has 0 saturated carbocycles. The Balaban J connectivity index is 1.84. The number of sulfonamides is 1. The van der Waals surface area contributed by atoms with Crippen molar-refractivity contribution >= 4 is 66.7 Å². The fourth-order valence-electron chi connectivity index (χ4n) is 4.89. The molecule has 1 atom stereocenters. The lowest BCUT2D eigenvalue weighted by atomic mass is 10.0. The molecular formula is C35H36BrCl2N3O4S. The zero-order valence-corrected chi connectivity index (χ0v) is 29.9. The molecule has 4 aromatic carbocycles. The summed E-state index contributed by atoms with van der Waals surface area (Å²) in [5.41, 5.74) is 2.00. The van der Waals surface area contributed by atoms with E-state index in [-0.39, 0.29) is 39.5 Å². The number of aryl methyl sites for hydroxylation is 1. The van der Waals surface area contributed by atoms with Gasteiger partial charge in [-0.3, -0.25) is 13.9 Å². The third-order valence-corrected chi connectivity index (χ3v) is 9.75. The topological polar surface area (TPSA) is 86.8 Å². The number of nitrogens with one attached hydrogen (secondary N) is 1. The Kier molecular flexibility index (Phi) is 11.6. The van der Waals surface area contributed by atoms with E-state index < -0.39 is 34.1 Å². The van der Waals surface area contributed by atoms with Gasteiger partial charge in [0.25, 0.3) is 10.0 Å². The lowest BCUT2D eigenvalue weighted by Gasteiger charge is -2.35. The standard InChI is InChI=1S/C35H36BrCl2N3O4S/c1-24-13-15-31(16-14-24)46(44,45)41(30-20-28(37)19-29(38)21-30)23-33(42)40(22-26-11-8-12-27(36)17-26)32(34(43)39-35(2,3)4)18-25-9-6-5-7-10-25/h5-17,19-21,32H,18,22-23H2,1-4H3,(H,39,43). The molecule has 4 aromatic rings. The third kappa shape index (κ3) is 9.58. The molecule has 2 amide bonds. The summed E-state index contributed by atoms with van der Waals surface area (Å²) < 4.78 is 30.2. The van der Waals surface area contributed by atoms with Gasteiger partial charge < -0.3 is 10.2 Å². The van der Waals surface area contributed by atoms with Crippen LogP contribution < -0.4 is 9.62 Å². The fraction of sp³-hybridized carbons (Fsp3) is 0.257. The molecule has 11 heteroatoms. The summed E-state index contributed by atoms with van der Waals surface area (Å²) in [6, 6.07) is 26.6. The zero-order valence-electron chi connectivity index (χ0n) is 26.0. The van der Waals surface area contributed by atoms with Crippen molar-refractivity contribution < 1.29 is 18.0 Å². The second-order valence-electron chi connectivity index (χ2n) is 12.0. The van der Waals surface area contributed by atoms with Gasteiger partial charge in [0.05, 0.1) is 10.6 Å². The van der Waals surface area contributed by atoms with E-state index in [2.05, 4.69) is 21.2 Å². The SMILES string of the molecule is Cc1ccc(S(=O)(=O)N(CC(=O)N(Cc2cccc(Br)c2)C(Cc2ccccc2)C(=O)NC(C)(C)C)c2cc(Cl)cc(Cl)c2)cc1. The van der Waals surface area contributed by atoms with Crippen LogP contribution in [0.5, 0.6) is 0 Å². The zero-order chi connectivity index (χ0) is 33.6. The Morgan fingerprint density at radius 1 is 0.848 bits per heavy atom. The maximum absolute atomic E-state index is 14.6. The van der Waals surface area contributed by atoms with Crippen molar-refractivity contribution in [2.45, 2.75) is 57.1 Å². The van der Waals surface area contributed by atoms with Gasteiger partial charge in [-0.15, -0.1) is 0 Å². The molecule has 0 spiro atoms. The molecule has 7 nitrogen and oxygen atoms in total. The summed E-state index contributed by atoms with van der Waals surface area (Å²) in [6.45, 7) is 6.87. The van der Waals surface area contributed by atoms with Gasteiger partial charge in [0.1, 0.15) is 12.6 Å². The van der Waals surface area contributed by atoms with Crippen LogP contribution in [-0.2, 0) is 32.6 Å². The highest BCUT2D eigenvalue weighted by Crippen LogP contribution is 2.30. The smallest absolute Gasteiger partial charge is 0.264 e. The van der Waals surface area contributed by atoms with E-state index in [1.54, 1.807) is 12.1 Å². The van der Waals surface area contributed by atoms with Gasteiger partial charge in [0, 0.05) is 33.0 Å². The van der Waals surface area contributed by atoms with E-state index in [1.165, 1.54) is 35.2 Å². The van der Waals surface area contributed by atoms with E-state index in [0.717, 1.165) is 25.5 Å². The summed E-state index contributed by atoms with van der Waals surface area (Å²) in [5, 5.41) is 3.43. The van der Waals surface area contributed by atoms with Gasteiger partial charge in [-0.25, -0.2) is 8.42 Å². The largest absolute Gasteiger partial charge is 0.350 e. The number of carbonyl (C=O) groups excluding carboxylic acids is 2. The molecule has 1 N–H and O–H groups in total. The second kappa shape index (κ2) is 15.0. The molecule has 46 heavy (non-hydrogen) atoms. The normalized spacial score (nSPS) is 12.3. The fourth-order valence-corrected chi connectivity index (χ4v) is 7.25. The molecule has 4 rings (SSSR count). The van der Waals surface area contributed by atoms with E-state index in [0.29, 0.717) is 0 Å². The number of benzene rings is 4. The van der Waals surface area contributed by atoms with E-state index in [4.69, 9.17) is 23.2 Å². The molecule has 1 unspecified atom stereocenters. The van der Waals surface area contributed by atoms with E-state index in [1.807, 2.05) is 82.3 Å². The summed E-state index contributed by atoms with van der Waals surface area (Å²) in [7, 11) is -4.29. The van der Waals surface area contributed by atoms with E-state index in [9.17, 15) is 18.0 Å². The van der Waals surface area contributed by atoms with Crippen LogP contribution in [0.4, 0.5) is 5.69 Å². The van der Waals surface area contributed by atoms with Gasteiger partial charge in [-0.1, -0.05) is 99.3 Å². The maximum atomic E-state index is 14.6. The molecule has 0 fully saturated rings.